The van der Waals surface area contributed by atoms with Gasteiger partial charge in [-0.25, -0.2) is 0 Å². The maximum Gasteiger partial charge on any atom is 0.146 e. The molecule has 0 heterocycles. The molecule has 0 spiro atoms. The van der Waals surface area contributed by atoms with Crippen molar-refractivity contribution >= 4 is 5.78 Å². The van der Waals surface area contributed by atoms with E-state index >= 15 is 0 Å². The summed E-state index contributed by atoms with van der Waals surface area (Å²) in [4.78, 5) is 11.5. The van der Waals surface area contributed by atoms with Crippen LogP contribution in [0.25, 0.3) is 0 Å². The van der Waals surface area contributed by atoms with Gasteiger partial charge in [0, 0.05) is 12.5 Å². The molecule has 0 amide bonds. The van der Waals surface area contributed by atoms with Crippen molar-refractivity contribution in [1.29, 1.82) is 0 Å². The molecule has 2 nitrogen and oxygen atoms in total. The van der Waals surface area contributed by atoms with E-state index in [4.69, 9.17) is 0 Å². The summed E-state index contributed by atoms with van der Waals surface area (Å²) in [6, 6.07) is 0.459. The number of hydrogen-bond donors (Lipinski definition) is 1. The smallest absolute Gasteiger partial charge is 0.146 e. The second-order valence-corrected chi connectivity index (χ2v) is 4.12. The van der Waals surface area contributed by atoms with Crippen LogP contribution < -0.4 is 5.32 Å². The highest BCUT2D eigenvalue weighted by Crippen LogP contribution is 2.12. The first-order valence-electron chi connectivity index (χ1n) is 5.89. The summed E-state index contributed by atoms with van der Waals surface area (Å²) in [5.74, 6) is 0.945. The fourth-order valence-corrected chi connectivity index (χ4v) is 1.40. The summed E-state index contributed by atoms with van der Waals surface area (Å²) >= 11 is 0. The third kappa shape index (κ3) is 6.14. The van der Waals surface area contributed by atoms with Crippen molar-refractivity contribution in [3.8, 4) is 0 Å². The lowest BCUT2D eigenvalue weighted by atomic mass is 9.97. The monoisotopic (exact) mass is 199 g/mol. The zero-order chi connectivity index (χ0) is 11.0. The minimum Gasteiger partial charge on any atom is -0.308 e. The molecule has 0 saturated heterocycles. The van der Waals surface area contributed by atoms with Gasteiger partial charge in [-0.3, -0.25) is 4.79 Å². The first-order valence-corrected chi connectivity index (χ1v) is 5.89. The minimum atomic E-state index is 0.360. The number of Topliss-reactive ketones (excluding diaryl/α,β-unsaturated/α-hetero) is 1. The van der Waals surface area contributed by atoms with Crippen LogP contribution in [0.4, 0.5) is 0 Å². The average Bonchev–Trinajstić information content (AvgIpc) is 2.22. The van der Waals surface area contributed by atoms with Crippen LogP contribution in [0.1, 0.15) is 53.4 Å². The van der Waals surface area contributed by atoms with Gasteiger partial charge in [-0.05, 0) is 19.3 Å². The molecule has 0 bridgehead atoms. The SMILES string of the molecule is CCC(CC)CC(=O)CNC(C)CC. The van der Waals surface area contributed by atoms with Gasteiger partial charge >= 0.3 is 0 Å². The van der Waals surface area contributed by atoms with E-state index in [-0.39, 0.29) is 0 Å². The topological polar surface area (TPSA) is 29.1 Å². The molecule has 0 aromatic rings. The third-order valence-electron chi connectivity index (χ3n) is 2.93. The largest absolute Gasteiger partial charge is 0.308 e. The van der Waals surface area contributed by atoms with E-state index < -0.39 is 0 Å². The molecule has 1 N–H and O–H groups in total. The fraction of sp³-hybridized carbons (Fsp3) is 0.917. The second kappa shape index (κ2) is 7.98. The van der Waals surface area contributed by atoms with Gasteiger partial charge in [0.25, 0.3) is 0 Å². The zero-order valence-electron chi connectivity index (χ0n) is 10.1. The van der Waals surface area contributed by atoms with Gasteiger partial charge in [0.1, 0.15) is 5.78 Å². The van der Waals surface area contributed by atoms with E-state index in [2.05, 4.69) is 33.0 Å². The van der Waals surface area contributed by atoms with Crippen molar-refractivity contribution in [2.75, 3.05) is 6.54 Å². The average molecular weight is 199 g/mol. The quantitative estimate of drug-likeness (QED) is 0.651. The van der Waals surface area contributed by atoms with Crippen LogP contribution in [0, 0.1) is 5.92 Å². The van der Waals surface area contributed by atoms with Crippen molar-refractivity contribution in [2.45, 2.75) is 59.4 Å². The van der Waals surface area contributed by atoms with Gasteiger partial charge in [0.05, 0.1) is 6.54 Å². The first kappa shape index (κ1) is 13.6. The first-order chi connectivity index (χ1) is 6.63. The van der Waals surface area contributed by atoms with Crippen LogP contribution in [-0.4, -0.2) is 18.4 Å². The highest BCUT2D eigenvalue weighted by molar-refractivity contribution is 5.80. The molecule has 84 valence electrons. The zero-order valence-corrected chi connectivity index (χ0v) is 10.1. The fourth-order valence-electron chi connectivity index (χ4n) is 1.40. The van der Waals surface area contributed by atoms with Crippen LogP contribution in [0.2, 0.25) is 0 Å². The lowest BCUT2D eigenvalue weighted by Crippen LogP contribution is -2.31. The molecule has 0 rings (SSSR count). The second-order valence-electron chi connectivity index (χ2n) is 4.12. The Kier molecular flexibility index (Phi) is 7.77. The number of rotatable bonds is 8. The Morgan fingerprint density at radius 2 is 1.71 bits per heavy atom. The van der Waals surface area contributed by atoms with E-state index in [1.54, 1.807) is 0 Å². The highest BCUT2D eigenvalue weighted by Gasteiger charge is 2.10. The highest BCUT2D eigenvalue weighted by atomic mass is 16.1. The Morgan fingerprint density at radius 3 is 2.14 bits per heavy atom. The van der Waals surface area contributed by atoms with E-state index in [9.17, 15) is 4.79 Å². The van der Waals surface area contributed by atoms with Gasteiger partial charge in [-0.1, -0.05) is 33.6 Å². The maximum absolute atomic E-state index is 11.5. The molecule has 0 aliphatic rings. The summed E-state index contributed by atoms with van der Waals surface area (Å²) in [5, 5.41) is 3.24. The Morgan fingerprint density at radius 1 is 1.14 bits per heavy atom. The Bertz CT molecular complexity index is 152. The Balaban J connectivity index is 3.64. The molecule has 0 aliphatic heterocycles. The van der Waals surface area contributed by atoms with Crippen LogP contribution in [0.3, 0.4) is 0 Å². The minimum absolute atomic E-state index is 0.360. The number of ketones is 1. The number of hydrogen-bond acceptors (Lipinski definition) is 2. The maximum atomic E-state index is 11.5. The lowest BCUT2D eigenvalue weighted by molar-refractivity contribution is -0.119. The Labute approximate surface area is 88.5 Å². The lowest BCUT2D eigenvalue weighted by Gasteiger charge is -2.13. The van der Waals surface area contributed by atoms with Gasteiger partial charge < -0.3 is 5.32 Å². The standard InChI is InChI=1S/C12H25NO/c1-5-10(4)13-9-12(14)8-11(6-2)7-3/h10-11,13H,5-9H2,1-4H3. The van der Waals surface area contributed by atoms with Gasteiger partial charge in [0.15, 0.2) is 0 Å². The number of carbonyl (C=O) groups excluding carboxylic acids is 1. The van der Waals surface area contributed by atoms with Crippen molar-refractivity contribution in [1.82, 2.24) is 5.32 Å². The molecule has 0 fully saturated rings. The molecule has 1 unspecified atom stereocenters. The summed E-state index contributed by atoms with van der Waals surface area (Å²) in [6.07, 6.45) is 4.06. The molecular formula is C12H25NO. The number of carbonyl (C=O) groups is 1. The van der Waals surface area contributed by atoms with Crippen molar-refractivity contribution in [3.05, 3.63) is 0 Å². The summed E-state index contributed by atoms with van der Waals surface area (Å²) in [6.45, 7) is 9.10. The van der Waals surface area contributed by atoms with Crippen LogP contribution in [-0.2, 0) is 4.79 Å². The van der Waals surface area contributed by atoms with Crippen molar-refractivity contribution in [3.63, 3.8) is 0 Å². The summed E-state index contributed by atoms with van der Waals surface area (Å²) in [7, 11) is 0. The van der Waals surface area contributed by atoms with E-state index in [0.29, 0.717) is 24.3 Å². The van der Waals surface area contributed by atoms with Crippen LogP contribution >= 0.6 is 0 Å². The Hall–Kier alpha value is -0.370. The predicted octanol–water partition coefficient (Wildman–Crippen LogP) is 2.77. The van der Waals surface area contributed by atoms with E-state index in [0.717, 1.165) is 25.7 Å². The normalized spacial score (nSPS) is 13.2. The van der Waals surface area contributed by atoms with Gasteiger partial charge in [0.2, 0.25) is 0 Å². The summed E-state index contributed by atoms with van der Waals surface area (Å²) in [5.41, 5.74) is 0. The van der Waals surface area contributed by atoms with Crippen molar-refractivity contribution < 1.29 is 4.79 Å². The molecule has 1 atom stereocenters. The predicted molar refractivity (Wildman–Crippen MR) is 61.5 cm³/mol. The van der Waals surface area contributed by atoms with Crippen LogP contribution in [0.15, 0.2) is 0 Å². The van der Waals surface area contributed by atoms with Gasteiger partial charge in [-0.15, -0.1) is 0 Å². The van der Waals surface area contributed by atoms with Gasteiger partial charge in [-0.2, -0.15) is 0 Å². The molecule has 0 radical (unpaired) electrons. The molecule has 0 saturated carbocycles. The van der Waals surface area contributed by atoms with Crippen molar-refractivity contribution in [2.24, 2.45) is 5.92 Å². The van der Waals surface area contributed by atoms with Crippen LogP contribution in [0.5, 0.6) is 0 Å². The number of nitrogens with one attached hydrogen (secondary N) is 1. The molecular weight excluding hydrogens is 174 g/mol. The van der Waals surface area contributed by atoms with E-state index in [1.807, 2.05) is 0 Å². The third-order valence-corrected chi connectivity index (χ3v) is 2.93. The molecule has 0 aromatic carbocycles. The molecule has 0 aromatic heterocycles. The summed E-state index contributed by atoms with van der Waals surface area (Å²) < 4.78 is 0. The van der Waals surface area contributed by atoms with E-state index in [1.165, 1.54) is 0 Å². The molecule has 14 heavy (non-hydrogen) atoms. The molecule has 0 aliphatic carbocycles. The molecule has 2 heteroatoms.